The van der Waals surface area contributed by atoms with Crippen LogP contribution in [0.1, 0.15) is 11.1 Å². The van der Waals surface area contributed by atoms with Crippen LogP contribution in [-0.4, -0.2) is 5.11 Å². The van der Waals surface area contributed by atoms with Gasteiger partial charge in [0.1, 0.15) is 5.75 Å². The van der Waals surface area contributed by atoms with Gasteiger partial charge < -0.3 is 5.11 Å². The molecule has 0 bridgehead atoms. The summed E-state index contributed by atoms with van der Waals surface area (Å²) in [7, 11) is 0. The van der Waals surface area contributed by atoms with Crippen molar-refractivity contribution >= 4 is 34.8 Å². The molecule has 0 aliphatic heterocycles. The molecule has 66 valence electrons. The van der Waals surface area contributed by atoms with Gasteiger partial charge >= 0.3 is 0 Å². The molecule has 0 saturated carbocycles. The fraction of sp³-hybridized carbons (Fsp3) is 0.250. The summed E-state index contributed by atoms with van der Waals surface area (Å²) < 4.78 is 0. The molecule has 12 heavy (non-hydrogen) atoms. The van der Waals surface area contributed by atoms with Gasteiger partial charge in [0.25, 0.3) is 0 Å². The summed E-state index contributed by atoms with van der Waals surface area (Å²) in [6, 6.07) is 0. The lowest BCUT2D eigenvalue weighted by Crippen LogP contribution is -1.85. The van der Waals surface area contributed by atoms with Crippen molar-refractivity contribution in [3.8, 4) is 5.75 Å². The van der Waals surface area contributed by atoms with Gasteiger partial charge in [0, 0.05) is 11.1 Å². The number of halogens is 3. The van der Waals surface area contributed by atoms with Crippen molar-refractivity contribution in [3.63, 3.8) is 0 Å². The maximum atomic E-state index is 9.46. The first kappa shape index (κ1) is 9.97. The fourth-order valence-corrected chi connectivity index (χ4v) is 1.61. The van der Waals surface area contributed by atoms with Crippen molar-refractivity contribution in [1.29, 1.82) is 0 Å². The predicted molar refractivity (Wildman–Crippen MR) is 52.6 cm³/mol. The third kappa shape index (κ3) is 1.37. The third-order valence-corrected chi connectivity index (χ3v) is 3.27. The molecule has 1 nitrogen and oxygen atoms in total. The molecule has 0 aliphatic rings. The van der Waals surface area contributed by atoms with Gasteiger partial charge in [-0.2, -0.15) is 0 Å². The first-order chi connectivity index (χ1) is 5.46. The number of phenols is 1. The van der Waals surface area contributed by atoms with Crippen LogP contribution in [0.3, 0.4) is 0 Å². The zero-order chi connectivity index (χ0) is 9.46. The van der Waals surface area contributed by atoms with Crippen LogP contribution in [0.2, 0.25) is 15.1 Å². The van der Waals surface area contributed by atoms with E-state index in [1.54, 1.807) is 13.8 Å². The normalized spacial score (nSPS) is 10.4. The second kappa shape index (κ2) is 3.33. The monoisotopic (exact) mass is 224 g/mol. The minimum atomic E-state index is 0.106. The van der Waals surface area contributed by atoms with Crippen LogP contribution in [0.15, 0.2) is 0 Å². The number of rotatable bonds is 0. The lowest BCUT2D eigenvalue weighted by Gasteiger charge is -2.09. The number of benzene rings is 1. The van der Waals surface area contributed by atoms with Crippen molar-refractivity contribution in [2.75, 3.05) is 0 Å². The lowest BCUT2D eigenvalue weighted by molar-refractivity contribution is 0.467. The Kier molecular flexibility index (Phi) is 2.77. The second-order valence-corrected chi connectivity index (χ2v) is 3.67. The van der Waals surface area contributed by atoms with Gasteiger partial charge in [-0.05, 0) is 13.8 Å². The van der Waals surface area contributed by atoms with Gasteiger partial charge in [-0.1, -0.05) is 34.8 Å². The molecule has 0 aromatic heterocycles. The van der Waals surface area contributed by atoms with E-state index in [2.05, 4.69) is 0 Å². The summed E-state index contributed by atoms with van der Waals surface area (Å²) in [6.45, 7) is 3.37. The Morgan fingerprint density at radius 1 is 0.833 bits per heavy atom. The highest BCUT2D eigenvalue weighted by Gasteiger charge is 2.14. The van der Waals surface area contributed by atoms with Crippen molar-refractivity contribution in [3.05, 3.63) is 26.2 Å². The van der Waals surface area contributed by atoms with Crippen LogP contribution >= 0.6 is 34.8 Å². The van der Waals surface area contributed by atoms with E-state index < -0.39 is 0 Å². The minimum absolute atomic E-state index is 0.106. The van der Waals surface area contributed by atoms with E-state index >= 15 is 0 Å². The van der Waals surface area contributed by atoms with Crippen molar-refractivity contribution in [2.45, 2.75) is 13.8 Å². The van der Waals surface area contributed by atoms with Gasteiger partial charge in [0.05, 0.1) is 15.1 Å². The maximum Gasteiger partial charge on any atom is 0.124 e. The first-order valence-corrected chi connectivity index (χ1v) is 4.42. The van der Waals surface area contributed by atoms with E-state index in [-0.39, 0.29) is 5.75 Å². The summed E-state index contributed by atoms with van der Waals surface area (Å²) in [5, 5.41) is 10.4. The largest absolute Gasteiger partial charge is 0.507 e. The summed E-state index contributed by atoms with van der Waals surface area (Å²) in [4.78, 5) is 0. The van der Waals surface area contributed by atoms with Crippen LogP contribution in [0.4, 0.5) is 0 Å². The molecule has 1 aromatic rings. The minimum Gasteiger partial charge on any atom is -0.507 e. The van der Waals surface area contributed by atoms with E-state index in [0.717, 1.165) is 0 Å². The zero-order valence-electron chi connectivity index (χ0n) is 6.58. The lowest BCUT2D eigenvalue weighted by atomic mass is 10.1. The topological polar surface area (TPSA) is 20.2 Å². The Balaban J connectivity index is 3.60. The Bertz CT molecular complexity index is 229. The Labute approximate surface area is 85.9 Å². The van der Waals surface area contributed by atoms with E-state index in [1.165, 1.54) is 0 Å². The third-order valence-electron chi connectivity index (χ3n) is 1.75. The molecular formula is C8H7Cl3O. The summed E-state index contributed by atoms with van der Waals surface area (Å²) in [5.41, 5.74) is 1.12. The molecule has 4 heteroatoms. The molecule has 0 radical (unpaired) electrons. The molecule has 0 amide bonds. The molecule has 1 N–H and O–H groups in total. The highest BCUT2D eigenvalue weighted by molar-refractivity contribution is 6.48. The second-order valence-electron chi connectivity index (χ2n) is 2.54. The molecule has 0 heterocycles. The zero-order valence-corrected chi connectivity index (χ0v) is 8.85. The van der Waals surface area contributed by atoms with Crippen LogP contribution in [0.25, 0.3) is 0 Å². The molecule has 0 fully saturated rings. The number of aromatic hydroxyl groups is 1. The smallest absolute Gasteiger partial charge is 0.124 e. The van der Waals surface area contributed by atoms with Crippen LogP contribution in [0.5, 0.6) is 5.75 Å². The van der Waals surface area contributed by atoms with E-state index in [4.69, 9.17) is 34.8 Å². The highest BCUT2D eigenvalue weighted by Crippen LogP contribution is 2.41. The first-order valence-electron chi connectivity index (χ1n) is 3.29. The van der Waals surface area contributed by atoms with Crippen molar-refractivity contribution in [2.24, 2.45) is 0 Å². The number of phenolic OH excluding ortho intramolecular Hbond substituents is 1. The average molecular weight is 226 g/mol. The molecule has 1 aromatic carbocycles. The molecule has 0 atom stereocenters. The van der Waals surface area contributed by atoms with Gasteiger partial charge in [-0.15, -0.1) is 0 Å². The molecule has 0 aliphatic carbocycles. The van der Waals surface area contributed by atoms with Crippen molar-refractivity contribution in [1.82, 2.24) is 0 Å². The van der Waals surface area contributed by atoms with E-state index in [0.29, 0.717) is 26.2 Å². The Morgan fingerprint density at radius 2 is 1.17 bits per heavy atom. The molecule has 0 unspecified atom stereocenters. The van der Waals surface area contributed by atoms with Gasteiger partial charge in [-0.3, -0.25) is 0 Å². The number of hydrogen-bond donors (Lipinski definition) is 1. The van der Waals surface area contributed by atoms with Gasteiger partial charge in [-0.25, -0.2) is 0 Å². The quantitative estimate of drug-likeness (QED) is 0.663. The predicted octanol–water partition coefficient (Wildman–Crippen LogP) is 3.97. The van der Waals surface area contributed by atoms with E-state index in [9.17, 15) is 5.11 Å². The Morgan fingerprint density at radius 3 is 1.50 bits per heavy atom. The molecule has 0 saturated heterocycles. The van der Waals surface area contributed by atoms with Gasteiger partial charge in [0.15, 0.2) is 0 Å². The maximum absolute atomic E-state index is 9.46. The van der Waals surface area contributed by atoms with Crippen LogP contribution in [-0.2, 0) is 0 Å². The van der Waals surface area contributed by atoms with Gasteiger partial charge in [0.2, 0.25) is 0 Å². The summed E-state index contributed by atoms with van der Waals surface area (Å²) in [6.07, 6.45) is 0. The SMILES string of the molecule is Cc1c(O)c(C)c(Cl)c(Cl)c1Cl. The molecule has 1 rings (SSSR count). The fourth-order valence-electron chi connectivity index (χ4n) is 0.915. The van der Waals surface area contributed by atoms with Crippen LogP contribution in [0, 0.1) is 13.8 Å². The van der Waals surface area contributed by atoms with Crippen LogP contribution < -0.4 is 0 Å². The highest BCUT2D eigenvalue weighted by atomic mass is 35.5. The van der Waals surface area contributed by atoms with Crippen molar-refractivity contribution < 1.29 is 5.11 Å². The molecule has 0 spiro atoms. The Hall–Kier alpha value is -0.110. The summed E-state index contributed by atoms with van der Waals surface area (Å²) >= 11 is 17.4. The summed E-state index contributed by atoms with van der Waals surface area (Å²) in [5.74, 6) is 0.106. The number of hydrogen-bond acceptors (Lipinski definition) is 1. The van der Waals surface area contributed by atoms with E-state index in [1.807, 2.05) is 0 Å². The standard InChI is InChI=1S/C8H7Cl3O/c1-3-5(9)7(11)6(10)4(2)8(3)12/h12H,1-2H3. The average Bonchev–Trinajstić information content (AvgIpc) is 2.08. The molecular weight excluding hydrogens is 218 g/mol.